The number of pyridine rings is 1. The molecule has 1 aromatic carbocycles. The zero-order chi connectivity index (χ0) is 15.4. The molecule has 22 heavy (non-hydrogen) atoms. The molecule has 0 saturated heterocycles. The first kappa shape index (κ1) is 14.0. The van der Waals surface area contributed by atoms with Gasteiger partial charge in [0.2, 0.25) is 5.91 Å². The maximum atomic E-state index is 12.0. The molecule has 2 aromatic heterocycles. The fraction of sp³-hybridized carbons (Fsp3) is 0.118. The lowest BCUT2D eigenvalue weighted by Crippen LogP contribution is -2.14. The third-order valence-electron chi connectivity index (χ3n) is 3.26. The van der Waals surface area contributed by atoms with Gasteiger partial charge in [0.25, 0.3) is 0 Å². The third kappa shape index (κ3) is 3.38. The molecular weight excluding hydrogens is 276 g/mol. The van der Waals surface area contributed by atoms with Crippen LogP contribution < -0.4 is 5.32 Å². The highest BCUT2D eigenvalue weighted by Gasteiger charge is 2.05. The molecule has 3 rings (SSSR count). The Bertz CT molecular complexity index is 746. The number of aryl methyl sites for hydroxylation is 1. The Morgan fingerprint density at radius 3 is 2.64 bits per heavy atom. The van der Waals surface area contributed by atoms with Gasteiger partial charge in [-0.3, -0.25) is 4.79 Å². The van der Waals surface area contributed by atoms with Crippen molar-refractivity contribution in [3.63, 3.8) is 0 Å². The fourth-order valence-corrected chi connectivity index (χ4v) is 2.10. The summed E-state index contributed by atoms with van der Waals surface area (Å²) in [6.45, 7) is 2.02. The van der Waals surface area contributed by atoms with Crippen molar-refractivity contribution in [3.8, 4) is 5.82 Å². The van der Waals surface area contributed by atoms with Gasteiger partial charge in [-0.1, -0.05) is 29.8 Å². The first-order chi connectivity index (χ1) is 10.7. The van der Waals surface area contributed by atoms with Gasteiger partial charge in [-0.2, -0.15) is 5.10 Å². The predicted octanol–water partition coefficient (Wildman–Crippen LogP) is 2.76. The zero-order valence-electron chi connectivity index (χ0n) is 12.2. The number of anilines is 1. The first-order valence-corrected chi connectivity index (χ1v) is 7.02. The van der Waals surface area contributed by atoms with E-state index in [1.54, 1.807) is 17.1 Å². The van der Waals surface area contributed by atoms with Crippen molar-refractivity contribution < 1.29 is 4.79 Å². The normalized spacial score (nSPS) is 10.4. The molecule has 0 aliphatic heterocycles. The number of carbonyl (C=O) groups excluding carboxylic acids is 1. The summed E-state index contributed by atoms with van der Waals surface area (Å²) in [5.74, 6) is 0.652. The number of aromatic nitrogens is 3. The molecule has 110 valence electrons. The molecule has 1 amide bonds. The van der Waals surface area contributed by atoms with E-state index in [-0.39, 0.29) is 5.91 Å². The molecule has 0 bridgehead atoms. The lowest BCUT2D eigenvalue weighted by molar-refractivity contribution is -0.115. The summed E-state index contributed by atoms with van der Waals surface area (Å²) in [5.41, 5.74) is 2.85. The van der Waals surface area contributed by atoms with Gasteiger partial charge in [0.05, 0.1) is 18.3 Å². The van der Waals surface area contributed by atoms with E-state index >= 15 is 0 Å². The lowest BCUT2D eigenvalue weighted by Gasteiger charge is -2.06. The van der Waals surface area contributed by atoms with Crippen LogP contribution in [0, 0.1) is 6.92 Å². The maximum Gasteiger partial charge on any atom is 0.228 e. The van der Waals surface area contributed by atoms with Crippen molar-refractivity contribution in [3.05, 3.63) is 72.2 Å². The van der Waals surface area contributed by atoms with Crippen LogP contribution in [0.2, 0.25) is 0 Å². The second kappa shape index (κ2) is 6.22. The van der Waals surface area contributed by atoms with E-state index in [1.165, 1.54) is 5.56 Å². The topological polar surface area (TPSA) is 59.8 Å². The molecule has 0 fully saturated rings. The number of hydrogen-bond acceptors (Lipinski definition) is 3. The monoisotopic (exact) mass is 292 g/mol. The Morgan fingerprint density at radius 2 is 2.00 bits per heavy atom. The highest BCUT2D eigenvalue weighted by atomic mass is 16.1. The molecule has 0 spiro atoms. The quantitative estimate of drug-likeness (QED) is 0.804. The van der Waals surface area contributed by atoms with Gasteiger partial charge in [0.15, 0.2) is 5.82 Å². The minimum Gasteiger partial charge on any atom is -0.324 e. The van der Waals surface area contributed by atoms with Crippen LogP contribution in [0.15, 0.2) is 61.1 Å². The molecule has 0 aliphatic rings. The van der Waals surface area contributed by atoms with Gasteiger partial charge in [-0.25, -0.2) is 9.67 Å². The van der Waals surface area contributed by atoms with Crippen molar-refractivity contribution >= 4 is 11.6 Å². The van der Waals surface area contributed by atoms with Crippen LogP contribution in [0.4, 0.5) is 5.69 Å². The minimum absolute atomic E-state index is 0.0579. The fourth-order valence-electron chi connectivity index (χ4n) is 2.10. The summed E-state index contributed by atoms with van der Waals surface area (Å²) in [5, 5.41) is 6.95. The Balaban J connectivity index is 1.63. The molecule has 3 aromatic rings. The standard InChI is InChI=1S/C17H16N4O/c1-13-3-5-14(6-4-13)11-17(22)20-15-7-8-16(18-12-15)21-10-2-9-19-21/h2-10,12H,11H2,1H3,(H,20,22). The van der Waals surface area contributed by atoms with Crippen molar-refractivity contribution in [1.29, 1.82) is 0 Å². The molecular formula is C17H16N4O. The highest BCUT2D eigenvalue weighted by molar-refractivity contribution is 5.92. The number of amides is 1. The van der Waals surface area contributed by atoms with Crippen LogP contribution in [0.3, 0.4) is 0 Å². The molecule has 5 nitrogen and oxygen atoms in total. The summed E-state index contributed by atoms with van der Waals surface area (Å²) < 4.78 is 1.66. The smallest absolute Gasteiger partial charge is 0.228 e. The minimum atomic E-state index is -0.0579. The van der Waals surface area contributed by atoms with E-state index in [9.17, 15) is 4.79 Å². The average molecular weight is 292 g/mol. The Morgan fingerprint density at radius 1 is 1.18 bits per heavy atom. The van der Waals surface area contributed by atoms with Gasteiger partial charge in [0.1, 0.15) is 0 Å². The first-order valence-electron chi connectivity index (χ1n) is 7.02. The van der Waals surface area contributed by atoms with Crippen LogP contribution in [-0.4, -0.2) is 20.7 Å². The van der Waals surface area contributed by atoms with E-state index < -0.39 is 0 Å². The second-order valence-corrected chi connectivity index (χ2v) is 5.07. The molecule has 0 radical (unpaired) electrons. The molecule has 0 atom stereocenters. The molecule has 0 saturated carbocycles. The molecule has 2 heterocycles. The van der Waals surface area contributed by atoms with E-state index in [0.717, 1.165) is 5.56 Å². The van der Waals surface area contributed by atoms with Crippen molar-refractivity contribution in [2.45, 2.75) is 13.3 Å². The van der Waals surface area contributed by atoms with Gasteiger partial charge >= 0.3 is 0 Å². The van der Waals surface area contributed by atoms with Crippen molar-refractivity contribution in [2.24, 2.45) is 0 Å². The average Bonchev–Trinajstić information content (AvgIpc) is 3.05. The van der Waals surface area contributed by atoms with Crippen LogP contribution >= 0.6 is 0 Å². The second-order valence-electron chi connectivity index (χ2n) is 5.07. The number of carbonyl (C=O) groups is 1. The SMILES string of the molecule is Cc1ccc(CC(=O)Nc2ccc(-n3cccn3)nc2)cc1. The number of nitrogens with one attached hydrogen (secondary N) is 1. The number of rotatable bonds is 4. The summed E-state index contributed by atoms with van der Waals surface area (Å²) in [6.07, 6.45) is 5.49. The van der Waals surface area contributed by atoms with Crippen LogP contribution in [0.5, 0.6) is 0 Å². The number of nitrogens with zero attached hydrogens (tertiary/aromatic N) is 3. The maximum absolute atomic E-state index is 12.0. The Hall–Kier alpha value is -2.95. The van der Waals surface area contributed by atoms with E-state index in [0.29, 0.717) is 17.9 Å². The van der Waals surface area contributed by atoms with E-state index in [4.69, 9.17) is 0 Å². The van der Waals surface area contributed by atoms with Crippen LogP contribution in [-0.2, 0) is 11.2 Å². The Kier molecular flexibility index (Phi) is 3.96. The summed E-state index contributed by atoms with van der Waals surface area (Å²) in [6, 6.07) is 13.4. The zero-order valence-corrected chi connectivity index (χ0v) is 12.2. The van der Waals surface area contributed by atoms with Gasteiger partial charge in [-0.15, -0.1) is 0 Å². The van der Waals surface area contributed by atoms with E-state index in [2.05, 4.69) is 15.4 Å². The van der Waals surface area contributed by atoms with Gasteiger partial charge in [-0.05, 0) is 30.7 Å². The molecule has 1 N–H and O–H groups in total. The van der Waals surface area contributed by atoms with Crippen LogP contribution in [0.25, 0.3) is 5.82 Å². The Labute approximate surface area is 128 Å². The third-order valence-corrected chi connectivity index (χ3v) is 3.26. The molecule has 0 aliphatic carbocycles. The van der Waals surface area contributed by atoms with Crippen molar-refractivity contribution in [2.75, 3.05) is 5.32 Å². The highest BCUT2D eigenvalue weighted by Crippen LogP contribution is 2.10. The summed E-state index contributed by atoms with van der Waals surface area (Å²) in [7, 11) is 0. The molecule has 5 heteroatoms. The molecule has 0 unspecified atom stereocenters. The number of hydrogen-bond donors (Lipinski definition) is 1. The van der Waals surface area contributed by atoms with Crippen molar-refractivity contribution in [1.82, 2.24) is 14.8 Å². The van der Waals surface area contributed by atoms with Crippen LogP contribution in [0.1, 0.15) is 11.1 Å². The van der Waals surface area contributed by atoms with Gasteiger partial charge < -0.3 is 5.32 Å². The van der Waals surface area contributed by atoms with Gasteiger partial charge in [0, 0.05) is 12.4 Å². The lowest BCUT2D eigenvalue weighted by atomic mass is 10.1. The summed E-state index contributed by atoms with van der Waals surface area (Å²) in [4.78, 5) is 16.3. The number of benzene rings is 1. The van der Waals surface area contributed by atoms with E-state index in [1.807, 2.05) is 55.6 Å². The summed E-state index contributed by atoms with van der Waals surface area (Å²) >= 11 is 0. The largest absolute Gasteiger partial charge is 0.324 e. The predicted molar refractivity (Wildman–Crippen MR) is 84.9 cm³/mol.